The zero-order chi connectivity index (χ0) is 27.6. The summed E-state index contributed by atoms with van der Waals surface area (Å²) in [6.07, 6.45) is 2.30. The number of carbonyl (C=O) groups excluding carboxylic acids is 1. The smallest absolute Gasteiger partial charge is 0.165 e. The molecule has 6 aromatic rings. The maximum absolute atomic E-state index is 11.0. The number of nitrogens with zero attached hydrogens (tertiary/aromatic N) is 5. The fourth-order valence-electron chi connectivity index (χ4n) is 4.74. The van der Waals surface area contributed by atoms with Crippen molar-refractivity contribution in [3.05, 3.63) is 114 Å². The Balaban J connectivity index is 1.40. The van der Waals surface area contributed by atoms with Gasteiger partial charge >= 0.3 is 0 Å². The summed E-state index contributed by atoms with van der Waals surface area (Å²) in [5, 5.41) is 10.1. The number of nitrogen functional groups attached to an aromatic ring is 1. The Kier molecular flexibility index (Phi) is 6.41. The molecule has 0 unspecified atom stereocenters. The predicted octanol–water partition coefficient (Wildman–Crippen LogP) is 5.89. The Morgan fingerprint density at radius 2 is 1.73 bits per heavy atom. The second-order valence-corrected chi connectivity index (χ2v) is 9.50. The Morgan fingerprint density at radius 1 is 0.925 bits per heavy atom. The normalized spacial score (nSPS) is 11.0. The van der Waals surface area contributed by atoms with Crippen molar-refractivity contribution in [3.63, 3.8) is 0 Å². The van der Waals surface area contributed by atoms with Gasteiger partial charge in [0.1, 0.15) is 17.1 Å². The van der Waals surface area contributed by atoms with Gasteiger partial charge in [0.15, 0.2) is 17.8 Å². The van der Waals surface area contributed by atoms with Gasteiger partial charge < -0.3 is 15.7 Å². The molecule has 3 heterocycles. The van der Waals surface area contributed by atoms with Gasteiger partial charge in [-0.1, -0.05) is 42.5 Å². The lowest BCUT2D eigenvalue weighted by Gasteiger charge is -2.20. The highest BCUT2D eigenvalue weighted by molar-refractivity contribution is 5.84. The summed E-state index contributed by atoms with van der Waals surface area (Å²) >= 11 is 0. The van der Waals surface area contributed by atoms with E-state index in [1.165, 1.54) is 0 Å². The van der Waals surface area contributed by atoms with Crippen molar-refractivity contribution < 1.29 is 9.90 Å². The van der Waals surface area contributed by atoms with Gasteiger partial charge in [0.05, 0.1) is 16.8 Å². The zero-order valence-electron chi connectivity index (χ0n) is 21.8. The minimum atomic E-state index is -0.0359. The third-order valence-corrected chi connectivity index (χ3v) is 6.85. The van der Waals surface area contributed by atoms with Crippen LogP contribution < -0.4 is 10.6 Å². The summed E-state index contributed by atoms with van der Waals surface area (Å²) in [5.74, 6) is 1.02. The van der Waals surface area contributed by atoms with E-state index in [0.717, 1.165) is 44.9 Å². The van der Waals surface area contributed by atoms with Crippen molar-refractivity contribution in [2.75, 3.05) is 17.7 Å². The number of phenolic OH excluding ortho intramolecular Hbond substituents is 1. The molecule has 0 saturated heterocycles. The quantitative estimate of drug-likeness (QED) is 0.250. The van der Waals surface area contributed by atoms with E-state index >= 15 is 0 Å². The van der Waals surface area contributed by atoms with E-state index in [-0.39, 0.29) is 11.3 Å². The minimum Gasteiger partial charge on any atom is -0.507 e. The van der Waals surface area contributed by atoms with Gasteiger partial charge in [-0.05, 0) is 54.1 Å². The molecule has 0 saturated carbocycles. The molecule has 0 radical (unpaired) electrons. The molecule has 0 spiro atoms. The van der Waals surface area contributed by atoms with Crippen molar-refractivity contribution in [2.45, 2.75) is 6.54 Å². The van der Waals surface area contributed by atoms with E-state index in [0.29, 0.717) is 24.5 Å². The van der Waals surface area contributed by atoms with Crippen LogP contribution in [0.1, 0.15) is 15.9 Å². The molecule has 0 atom stereocenters. The van der Waals surface area contributed by atoms with Crippen molar-refractivity contribution >= 4 is 29.0 Å². The fraction of sp³-hybridized carbons (Fsp3) is 0.0625. The van der Waals surface area contributed by atoms with Crippen LogP contribution in [0.15, 0.2) is 103 Å². The van der Waals surface area contributed by atoms with Crippen molar-refractivity contribution in [2.24, 2.45) is 0 Å². The summed E-state index contributed by atoms with van der Waals surface area (Å²) in [6.45, 7) is 0.601. The van der Waals surface area contributed by atoms with Crippen LogP contribution in [0.2, 0.25) is 0 Å². The third-order valence-electron chi connectivity index (χ3n) is 6.85. The summed E-state index contributed by atoms with van der Waals surface area (Å²) < 4.78 is 2.01. The third kappa shape index (κ3) is 4.63. The average Bonchev–Trinajstić information content (AvgIpc) is 3.36. The first kappa shape index (κ1) is 24.8. The van der Waals surface area contributed by atoms with Gasteiger partial charge in [-0.3, -0.25) is 9.36 Å². The van der Waals surface area contributed by atoms with Crippen LogP contribution >= 0.6 is 0 Å². The molecule has 8 nitrogen and oxygen atoms in total. The number of pyridine rings is 2. The first-order chi connectivity index (χ1) is 19.5. The minimum absolute atomic E-state index is 0.0359. The Hall–Kier alpha value is -5.50. The number of aromatic nitrogens is 4. The molecule has 0 aliphatic heterocycles. The van der Waals surface area contributed by atoms with Gasteiger partial charge in [-0.25, -0.2) is 15.0 Å². The summed E-state index contributed by atoms with van der Waals surface area (Å²) in [6, 6.07) is 30.9. The number of nitrogens with two attached hydrogens (primary N) is 1. The lowest BCUT2D eigenvalue weighted by molar-refractivity contribution is 0.112. The molecule has 3 N–H and O–H groups in total. The molecule has 3 aromatic carbocycles. The standard InChI is InChI=1S/C32H26N6O2/c1-37(25-14-11-23(20-39)29(40)18-25)19-21-9-12-24(13-10-21)38-31(26-8-5-17-34-30(26)33)36-28-16-15-27(35-32(28)38)22-6-3-2-4-7-22/h2-18,20,40H,19H2,1H3,(H2,33,34). The molecule has 6 rings (SSSR count). The number of anilines is 2. The van der Waals surface area contributed by atoms with E-state index in [9.17, 15) is 9.90 Å². The number of carbonyl (C=O) groups is 1. The second kappa shape index (κ2) is 10.3. The number of aldehydes is 1. The Morgan fingerprint density at radius 3 is 2.45 bits per heavy atom. The monoisotopic (exact) mass is 526 g/mol. The van der Waals surface area contributed by atoms with E-state index in [1.54, 1.807) is 18.3 Å². The van der Waals surface area contributed by atoms with Crippen molar-refractivity contribution in [1.82, 2.24) is 19.5 Å². The van der Waals surface area contributed by atoms with E-state index < -0.39 is 0 Å². The van der Waals surface area contributed by atoms with Crippen LogP contribution in [-0.2, 0) is 6.54 Å². The molecule has 196 valence electrons. The van der Waals surface area contributed by atoms with E-state index in [1.807, 2.05) is 89.3 Å². The number of hydrogen-bond acceptors (Lipinski definition) is 7. The topological polar surface area (TPSA) is 110 Å². The van der Waals surface area contributed by atoms with E-state index in [2.05, 4.69) is 17.1 Å². The fourth-order valence-corrected chi connectivity index (χ4v) is 4.74. The zero-order valence-corrected chi connectivity index (χ0v) is 21.8. The molecule has 0 fully saturated rings. The average molecular weight is 527 g/mol. The number of imidazole rings is 1. The van der Waals surface area contributed by atoms with Crippen LogP contribution in [0.5, 0.6) is 5.75 Å². The van der Waals surface area contributed by atoms with Crippen molar-refractivity contribution in [3.8, 4) is 34.1 Å². The first-order valence-electron chi connectivity index (χ1n) is 12.8. The number of hydrogen-bond donors (Lipinski definition) is 2. The molecule has 3 aromatic heterocycles. The van der Waals surface area contributed by atoms with Gasteiger partial charge in [0.2, 0.25) is 0 Å². The number of phenols is 1. The number of aromatic hydroxyl groups is 1. The maximum atomic E-state index is 11.0. The number of fused-ring (bicyclic) bond motifs is 1. The van der Waals surface area contributed by atoms with Gasteiger partial charge in [-0.2, -0.15) is 0 Å². The lowest BCUT2D eigenvalue weighted by Crippen LogP contribution is -2.16. The molecule has 8 heteroatoms. The molecule has 40 heavy (non-hydrogen) atoms. The summed E-state index contributed by atoms with van der Waals surface area (Å²) in [4.78, 5) is 27.2. The molecule has 0 aliphatic rings. The molecular weight excluding hydrogens is 500 g/mol. The molecule has 0 aliphatic carbocycles. The SMILES string of the molecule is CN(Cc1ccc(-n2c(-c3cccnc3N)nc3ccc(-c4ccccc4)nc32)cc1)c1ccc(C=O)c(O)c1. The van der Waals surface area contributed by atoms with Crippen LogP contribution in [0, 0.1) is 0 Å². The largest absolute Gasteiger partial charge is 0.507 e. The van der Waals surface area contributed by atoms with Gasteiger partial charge in [0, 0.05) is 42.8 Å². The highest BCUT2D eigenvalue weighted by Crippen LogP contribution is 2.32. The Bertz CT molecular complexity index is 1830. The van der Waals surface area contributed by atoms with Gasteiger partial charge in [-0.15, -0.1) is 0 Å². The lowest BCUT2D eigenvalue weighted by atomic mass is 10.1. The highest BCUT2D eigenvalue weighted by atomic mass is 16.3. The van der Waals surface area contributed by atoms with Gasteiger partial charge in [0.25, 0.3) is 0 Å². The summed E-state index contributed by atoms with van der Waals surface area (Å²) in [5.41, 5.74) is 13.4. The van der Waals surface area contributed by atoms with Crippen LogP contribution in [0.3, 0.4) is 0 Å². The van der Waals surface area contributed by atoms with Crippen molar-refractivity contribution in [1.29, 1.82) is 0 Å². The van der Waals surface area contributed by atoms with Crippen LogP contribution in [0.4, 0.5) is 11.5 Å². The van der Waals surface area contributed by atoms with Crippen LogP contribution in [0.25, 0.3) is 39.5 Å². The predicted molar refractivity (Wildman–Crippen MR) is 158 cm³/mol. The first-order valence-corrected chi connectivity index (χ1v) is 12.8. The van der Waals surface area contributed by atoms with E-state index in [4.69, 9.17) is 15.7 Å². The van der Waals surface area contributed by atoms with Crippen LogP contribution in [-0.4, -0.2) is 38.0 Å². The second-order valence-electron chi connectivity index (χ2n) is 9.50. The molecule has 0 amide bonds. The maximum Gasteiger partial charge on any atom is 0.165 e. The number of rotatable bonds is 7. The Labute approximate surface area is 231 Å². The molecule has 0 bridgehead atoms. The molecular formula is C32H26N6O2. The highest BCUT2D eigenvalue weighted by Gasteiger charge is 2.19. The summed E-state index contributed by atoms with van der Waals surface area (Å²) in [7, 11) is 1.94. The number of benzene rings is 3.